The Kier molecular flexibility index (Phi) is 2.92. The van der Waals surface area contributed by atoms with Gasteiger partial charge in [-0.2, -0.15) is 10.1 Å². The Hall–Kier alpha value is -2.52. The van der Waals surface area contributed by atoms with Crippen molar-refractivity contribution in [2.24, 2.45) is 17.2 Å². The van der Waals surface area contributed by atoms with Crippen LogP contribution in [0, 0.1) is 0 Å². The molecule has 1 aromatic rings. The molecule has 0 aromatic carbocycles. The van der Waals surface area contributed by atoms with Crippen molar-refractivity contribution in [3.63, 3.8) is 0 Å². The molecule has 0 spiro atoms. The van der Waals surface area contributed by atoms with E-state index in [4.69, 9.17) is 21.6 Å². The van der Waals surface area contributed by atoms with Crippen LogP contribution in [0.1, 0.15) is 5.76 Å². The van der Waals surface area contributed by atoms with Gasteiger partial charge in [0.1, 0.15) is 5.76 Å². The smallest absolute Gasteiger partial charge is 0.177 e. The van der Waals surface area contributed by atoms with Gasteiger partial charge in [-0.15, -0.1) is 0 Å². The lowest BCUT2D eigenvalue weighted by Gasteiger charge is -2.32. The molecule has 0 atom stereocenters. The van der Waals surface area contributed by atoms with Crippen molar-refractivity contribution >= 4 is 0 Å². The van der Waals surface area contributed by atoms with Crippen LogP contribution in [0.15, 0.2) is 46.1 Å². The molecule has 1 aliphatic rings. The molecule has 1 aromatic heterocycles. The fourth-order valence-electron chi connectivity index (χ4n) is 1.43. The van der Waals surface area contributed by atoms with Crippen LogP contribution in [0.4, 0.5) is 0 Å². The molecule has 0 saturated carbocycles. The highest BCUT2D eigenvalue weighted by Gasteiger charge is 2.28. The van der Waals surface area contributed by atoms with E-state index in [1.54, 1.807) is 12.1 Å². The van der Waals surface area contributed by atoms with Crippen LogP contribution in [-0.4, -0.2) is 20.5 Å². The quantitative estimate of drug-likeness (QED) is 0.394. The zero-order valence-electron chi connectivity index (χ0n) is 9.37. The van der Waals surface area contributed by atoms with Gasteiger partial charge in [-0.05, 0) is 12.1 Å². The summed E-state index contributed by atoms with van der Waals surface area (Å²) >= 11 is 0. The second-order valence-electron chi connectivity index (χ2n) is 3.56. The zero-order valence-corrected chi connectivity index (χ0v) is 9.37. The number of nitrogens with zero attached hydrogens (tertiary/aromatic N) is 2. The van der Waals surface area contributed by atoms with Crippen molar-refractivity contribution in [3.05, 3.63) is 47.4 Å². The normalized spacial score (nSPS) is 16.6. The van der Waals surface area contributed by atoms with Gasteiger partial charge in [-0.1, -0.05) is 0 Å². The van der Waals surface area contributed by atoms with E-state index in [1.165, 1.54) is 6.26 Å². The van der Waals surface area contributed by atoms with Crippen LogP contribution in [0.2, 0.25) is 0 Å². The van der Waals surface area contributed by atoms with E-state index in [9.17, 15) is 10.4 Å². The Morgan fingerprint density at radius 2 is 1.78 bits per heavy atom. The average Bonchev–Trinajstić information content (AvgIpc) is 2.87. The van der Waals surface area contributed by atoms with E-state index in [-0.39, 0.29) is 29.8 Å². The number of nitrogens with two attached hydrogens (primary N) is 3. The summed E-state index contributed by atoms with van der Waals surface area (Å²) in [6.07, 6.45) is 1.51. The first kappa shape index (κ1) is 12.0. The van der Waals surface area contributed by atoms with Crippen LogP contribution in [0.3, 0.4) is 0 Å². The highest BCUT2D eigenvalue weighted by atomic mass is 16.5. The molecule has 98 valence electrons. The fraction of sp³-hybridized carbons (Fsp3) is 0.111. The van der Waals surface area contributed by atoms with Crippen molar-refractivity contribution in [2.75, 3.05) is 0 Å². The SMILES string of the molecule is NC1=C(N)N(O)C(NCc2ccco2)=C(N)N1O. The topological polar surface area (TPSA) is 150 Å². The Morgan fingerprint density at radius 1 is 1.11 bits per heavy atom. The first-order valence-corrected chi connectivity index (χ1v) is 5.01. The summed E-state index contributed by atoms with van der Waals surface area (Å²) in [5, 5.41) is 23.1. The van der Waals surface area contributed by atoms with Crippen LogP contribution in [-0.2, 0) is 6.54 Å². The van der Waals surface area contributed by atoms with Gasteiger partial charge in [0.2, 0.25) is 0 Å². The number of rotatable bonds is 3. The molecule has 0 radical (unpaired) electrons. The Bertz CT molecular complexity index is 494. The van der Waals surface area contributed by atoms with E-state index >= 15 is 0 Å². The predicted octanol–water partition coefficient (Wildman–Crippen LogP) is -1.11. The van der Waals surface area contributed by atoms with Gasteiger partial charge in [0.15, 0.2) is 23.3 Å². The molecule has 0 saturated heterocycles. The van der Waals surface area contributed by atoms with Crippen molar-refractivity contribution in [1.29, 1.82) is 0 Å². The number of nitrogens with one attached hydrogen (secondary N) is 1. The molecule has 0 amide bonds. The Labute approximate surface area is 102 Å². The minimum atomic E-state index is -0.265. The standard InChI is InChI=1S/C9H14N6O3/c10-6-7(11)15(17)9(8(12)14(6)16)13-4-5-2-1-3-18-5/h1-3,13,16-17H,4,10-12H2. The molecular formula is C9H14N6O3. The Morgan fingerprint density at radius 3 is 2.39 bits per heavy atom. The first-order chi connectivity index (χ1) is 8.52. The molecule has 9 N–H and O–H groups in total. The molecule has 0 aliphatic carbocycles. The fourth-order valence-corrected chi connectivity index (χ4v) is 1.43. The second-order valence-corrected chi connectivity index (χ2v) is 3.56. The first-order valence-electron chi connectivity index (χ1n) is 5.01. The summed E-state index contributed by atoms with van der Waals surface area (Å²) in [4.78, 5) is 0. The lowest BCUT2D eigenvalue weighted by atomic mass is 10.4. The van der Waals surface area contributed by atoms with Gasteiger partial charge in [0.25, 0.3) is 0 Å². The molecule has 2 rings (SSSR count). The maximum atomic E-state index is 9.73. The predicted molar refractivity (Wildman–Crippen MR) is 59.4 cm³/mol. The molecule has 9 heteroatoms. The summed E-state index contributed by atoms with van der Waals surface area (Å²) in [5.41, 5.74) is 16.5. The molecule has 9 nitrogen and oxygen atoms in total. The highest BCUT2D eigenvalue weighted by Crippen LogP contribution is 2.18. The highest BCUT2D eigenvalue weighted by molar-refractivity contribution is 5.22. The van der Waals surface area contributed by atoms with Gasteiger partial charge in [-0.25, -0.2) is 0 Å². The van der Waals surface area contributed by atoms with Gasteiger partial charge in [0, 0.05) is 0 Å². The minimum absolute atomic E-state index is 0.000556. The van der Waals surface area contributed by atoms with Crippen LogP contribution in [0.25, 0.3) is 0 Å². The molecule has 0 fully saturated rings. The van der Waals surface area contributed by atoms with Crippen molar-refractivity contribution < 1.29 is 14.8 Å². The Balaban J connectivity index is 2.16. The lowest BCUT2D eigenvalue weighted by molar-refractivity contribution is -0.0839. The second kappa shape index (κ2) is 4.39. The summed E-state index contributed by atoms with van der Waals surface area (Å²) in [7, 11) is 0. The molecular weight excluding hydrogens is 240 g/mol. The minimum Gasteiger partial charge on any atom is -0.467 e. The van der Waals surface area contributed by atoms with Crippen LogP contribution >= 0.6 is 0 Å². The molecule has 2 heterocycles. The van der Waals surface area contributed by atoms with E-state index in [0.29, 0.717) is 15.9 Å². The van der Waals surface area contributed by atoms with Crippen molar-refractivity contribution in [2.45, 2.75) is 6.54 Å². The molecule has 0 bridgehead atoms. The molecule has 1 aliphatic heterocycles. The zero-order chi connectivity index (χ0) is 13.3. The molecule has 0 unspecified atom stereocenters. The summed E-state index contributed by atoms with van der Waals surface area (Å²) in [6.45, 7) is 0.251. The van der Waals surface area contributed by atoms with E-state index < -0.39 is 0 Å². The average molecular weight is 254 g/mol. The van der Waals surface area contributed by atoms with E-state index in [1.807, 2.05) is 0 Å². The van der Waals surface area contributed by atoms with Crippen LogP contribution in [0.5, 0.6) is 0 Å². The number of hydroxylamine groups is 4. The third-order valence-electron chi connectivity index (χ3n) is 2.41. The summed E-state index contributed by atoms with van der Waals surface area (Å²) < 4.78 is 5.10. The van der Waals surface area contributed by atoms with Gasteiger partial charge in [-0.3, -0.25) is 10.4 Å². The maximum absolute atomic E-state index is 9.73. The van der Waals surface area contributed by atoms with E-state index in [0.717, 1.165) is 0 Å². The summed E-state index contributed by atoms with van der Waals surface area (Å²) in [6, 6.07) is 3.45. The number of furan rings is 1. The molecule has 18 heavy (non-hydrogen) atoms. The van der Waals surface area contributed by atoms with Gasteiger partial charge in [0.05, 0.1) is 12.8 Å². The van der Waals surface area contributed by atoms with Crippen LogP contribution < -0.4 is 22.5 Å². The third-order valence-corrected chi connectivity index (χ3v) is 2.41. The lowest BCUT2D eigenvalue weighted by Crippen LogP contribution is -2.46. The van der Waals surface area contributed by atoms with Gasteiger partial charge < -0.3 is 26.9 Å². The largest absolute Gasteiger partial charge is 0.467 e. The van der Waals surface area contributed by atoms with Crippen molar-refractivity contribution in [3.8, 4) is 0 Å². The maximum Gasteiger partial charge on any atom is 0.177 e. The van der Waals surface area contributed by atoms with E-state index in [2.05, 4.69) is 5.32 Å². The van der Waals surface area contributed by atoms with Gasteiger partial charge >= 0.3 is 0 Å². The monoisotopic (exact) mass is 254 g/mol. The number of hydrogen-bond donors (Lipinski definition) is 6. The number of hydrogen-bond acceptors (Lipinski definition) is 9. The third kappa shape index (κ3) is 1.87. The van der Waals surface area contributed by atoms with Crippen molar-refractivity contribution in [1.82, 2.24) is 15.4 Å². The summed E-state index contributed by atoms with van der Waals surface area (Å²) in [5.74, 6) is -0.0714.